The molecule has 0 radical (unpaired) electrons. The Balaban J connectivity index is 2.74. The number of likely N-dealkylation sites (tertiary alicyclic amines) is 1. The topological polar surface area (TPSA) is 68.7 Å². The number of carbonyl (C=O) groups excluding carboxylic acids is 1. The van der Waals surface area contributed by atoms with E-state index in [1.807, 2.05) is 19.0 Å². The zero-order chi connectivity index (χ0) is 9.84. The number of likely N-dealkylation sites (N-methyl/N-ethyl adjacent to an activating group) is 2. The van der Waals surface area contributed by atoms with Gasteiger partial charge >= 0.3 is 6.21 Å². The third-order valence-corrected chi connectivity index (χ3v) is 2.50. The average Bonchev–Trinajstić information content (AvgIpc) is 2.47. The first-order valence-electron chi connectivity index (χ1n) is 4.29. The summed E-state index contributed by atoms with van der Waals surface area (Å²) in [7, 11) is 3.73. The second-order valence-electron chi connectivity index (χ2n) is 3.26. The lowest BCUT2D eigenvalue weighted by atomic mass is 10.1. The fourth-order valence-electron chi connectivity index (χ4n) is 1.80. The van der Waals surface area contributed by atoms with Gasteiger partial charge in [0.05, 0.1) is 6.04 Å². The number of hydrogen-bond donors (Lipinski definition) is 1. The van der Waals surface area contributed by atoms with E-state index in [1.165, 1.54) is 0 Å². The Morgan fingerprint density at radius 1 is 1.77 bits per heavy atom. The average molecular weight is 182 g/mol. The van der Waals surface area contributed by atoms with E-state index in [9.17, 15) is 4.79 Å². The van der Waals surface area contributed by atoms with Gasteiger partial charge in [0.25, 0.3) is 5.78 Å². The first-order chi connectivity index (χ1) is 6.20. The maximum Gasteiger partial charge on any atom is 0.324 e. The summed E-state index contributed by atoms with van der Waals surface area (Å²) < 4.78 is 0. The standard InChI is InChI=1S/C8H14N4O/c1-10-6-3-4-12(2)8(6)7(13)5-11-9/h5-6,8,10H,3-4H2,1-2H3. The molecule has 2 atom stereocenters. The first-order valence-corrected chi connectivity index (χ1v) is 4.29. The van der Waals surface area contributed by atoms with Gasteiger partial charge in [-0.1, -0.05) is 0 Å². The van der Waals surface area contributed by atoms with Crippen LogP contribution in [0.2, 0.25) is 0 Å². The molecule has 0 bridgehead atoms. The van der Waals surface area contributed by atoms with Crippen LogP contribution in [-0.4, -0.2) is 54.4 Å². The van der Waals surface area contributed by atoms with E-state index in [0.717, 1.165) is 19.2 Å². The molecule has 1 aliphatic rings. The molecule has 0 aromatic carbocycles. The van der Waals surface area contributed by atoms with Crippen LogP contribution in [0, 0.1) is 0 Å². The van der Waals surface area contributed by atoms with Crippen LogP contribution in [0.25, 0.3) is 5.53 Å². The van der Waals surface area contributed by atoms with Crippen molar-refractivity contribution < 1.29 is 9.58 Å². The van der Waals surface area contributed by atoms with Gasteiger partial charge in [-0.05, 0) is 20.5 Å². The summed E-state index contributed by atoms with van der Waals surface area (Å²) in [6.07, 6.45) is 1.92. The Labute approximate surface area is 77.3 Å². The molecule has 5 heteroatoms. The lowest BCUT2D eigenvalue weighted by molar-refractivity contribution is -0.120. The van der Waals surface area contributed by atoms with Crippen molar-refractivity contribution >= 4 is 12.0 Å². The number of Topliss-reactive ketones (excluding diaryl/α,β-unsaturated/α-hetero) is 1. The number of hydrogen-bond acceptors (Lipinski definition) is 3. The maximum atomic E-state index is 11.4. The molecule has 72 valence electrons. The van der Waals surface area contributed by atoms with Crippen molar-refractivity contribution in [3.8, 4) is 0 Å². The Kier molecular flexibility index (Phi) is 3.31. The van der Waals surface area contributed by atoms with E-state index in [-0.39, 0.29) is 17.9 Å². The molecule has 1 rings (SSSR count). The Morgan fingerprint density at radius 2 is 2.46 bits per heavy atom. The molecule has 13 heavy (non-hydrogen) atoms. The predicted octanol–water partition coefficient (Wildman–Crippen LogP) is -0.852. The molecule has 1 saturated heterocycles. The monoisotopic (exact) mass is 182 g/mol. The quantitative estimate of drug-likeness (QED) is 0.351. The number of carbonyl (C=O) groups is 1. The highest BCUT2D eigenvalue weighted by atomic mass is 16.1. The van der Waals surface area contributed by atoms with E-state index in [4.69, 9.17) is 5.53 Å². The molecule has 0 aliphatic carbocycles. The molecule has 2 unspecified atom stereocenters. The highest BCUT2D eigenvalue weighted by molar-refractivity contribution is 6.28. The summed E-state index contributed by atoms with van der Waals surface area (Å²) in [5.74, 6) is -0.151. The molecule has 1 heterocycles. The molecule has 0 spiro atoms. The van der Waals surface area contributed by atoms with Crippen LogP contribution in [0.4, 0.5) is 0 Å². The maximum absolute atomic E-state index is 11.4. The molecule has 0 saturated carbocycles. The van der Waals surface area contributed by atoms with Crippen LogP contribution in [-0.2, 0) is 4.79 Å². The van der Waals surface area contributed by atoms with Crippen molar-refractivity contribution in [3.05, 3.63) is 5.53 Å². The van der Waals surface area contributed by atoms with Crippen LogP contribution in [0.15, 0.2) is 0 Å². The van der Waals surface area contributed by atoms with Gasteiger partial charge in [-0.2, -0.15) is 4.79 Å². The van der Waals surface area contributed by atoms with Crippen molar-refractivity contribution in [2.45, 2.75) is 18.5 Å². The van der Waals surface area contributed by atoms with Gasteiger partial charge in [0.2, 0.25) is 0 Å². The van der Waals surface area contributed by atoms with Crippen LogP contribution in [0.5, 0.6) is 0 Å². The fourth-order valence-corrected chi connectivity index (χ4v) is 1.80. The highest BCUT2D eigenvalue weighted by Crippen LogP contribution is 2.15. The number of nitrogens with zero attached hydrogens (tertiary/aromatic N) is 3. The zero-order valence-corrected chi connectivity index (χ0v) is 7.90. The van der Waals surface area contributed by atoms with Crippen LogP contribution >= 0.6 is 0 Å². The van der Waals surface area contributed by atoms with Gasteiger partial charge in [-0.15, -0.1) is 0 Å². The minimum Gasteiger partial charge on any atom is -0.361 e. The van der Waals surface area contributed by atoms with Gasteiger partial charge in [-0.25, -0.2) is 0 Å². The number of nitrogens with one attached hydrogen (secondary N) is 1. The molecular weight excluding hydrogens is 168 g/mol. The normalized spacial score (nSPS) is 28.5. The Hall–Kier alpha value is -1.03. The highest BCUT2D eigenvalue weighted by Gasteiger charge is 2.36. The number of rotatable bonds is 3. The molecule has 0 aromatic heterocycles. The minimum atomic E-state index is -0.194. The van der Waals surface area contributed by atoms with Crippen LogP contribution in [0.1, 0.15) is 6.42 Å². The van der Waals surface area contributed by atoms with Crippen molar-refractivity contribution in [1.29, 1.82) is 0 Å². The lowest BCUT2D eigenvalue weighted by Gasteiger charge is -2.19. The molecule has 0 amide bonds. The molecule has 1 fully saturated rings. The summed E-state index contributed by atoms with van der Waals surface area (Å²) in [4.78, 5) is 16.2. The minimum absolute atomic E-state index is 0.151. The largest absolute Gasteiger partial charge is 0.361 e. The molecule has 5 nitrogen and oxygen atoms in total. The summed E-state index contributed by atoms with van der Waals surface area (Å²) in [5.41, 5.74) is 8.25. The van der Waals surface area contributed by atoms with Gasteiger partial charge in [-0.3, -0.25) is 9.69 Å². The summed E-state index contributed by atoms with van der Waals surface area (Å²) in [6.45, 7) is 0.890. The van der Waals surface area contributed by atoms with E-state index in [2.05, 4.69) is 10.1 Å². The van der Waals surface area contributed by atoms with E-state index in [1.54, 1.807) is 0 Å². The second kappa shape index (κ2) is 4.28. The zero-order valence-electron chi connectivity index (χ0n) is 7.90. The predicted molar refractivity (Wildman–Crippen MR) is 48.6 cm³/mol. The van der Waals surface area contributed by atoms with Crippen molar-refractivity contribution in [2.75, 3.05) is 20.6 Å². The van der Waals surface area contributed by atoms with Crippen molar-refractivity contribution in [2.24, 2.45) is 0 Å². The first kappa shape index (κ1) is 10.1. The third-order valence-electron chi connectivity index (χ3n) is 2.50. The molecule has 1 aliphatic heterocycles. The smallest absolute Gasteiger partial charge is 0.324 e. The lowest BCUT2D eigenvalue weighted by Crippen LogP contribution is -2.45. The SMILES string of the molecule is CNC1CCN(C)C1C(=O)C=[N+]=[N-]. The van der Waals surface area contributed by atoms with Gasteiger partial charge in [0.15, 0.2) is 0 Å². The van der Waals surface area contributed by atoms with Crippen LogP contribution < -0.4 is 5.32 Å². The summed E-state index contributed by atoms with van der Waals surface area (Å²) in [5, 5.41) is 3.08. The van der Waals surface area contributed by atoms with Gasteiger partial charge < -0.3 is 10.8 Å². The Morgan fingerprint density at radius 3 is 3.00 bits per heavy atom. The van der Waals surface area contributed by atoms with Crippen molar-refractivity contribution in [1.82, 2.24) is 10.2 Å². The third kappa shape index (κ3) is 2.01. The number of ketones is 1. The molecular formula is C8H14N4O. The van der Waals surface area contributed by atoms with Crippen LogP contribution in [0.3, 0.4) is 0 Å². The summed E-state index contributed by atoms with van der Waals surface area (Å²) in [6, 6.07) is -0.0311. The van der Waals surface area contributed by atoms with E-state index >= 15 is 0 Å². The van der Waals surface area contributed by atoms with E-state index in [0.29, 0.717) is 0 Å². The Bertz CT molecular complexity index is 247. The van der Waals surface area contributed by atoms with Crippen molar-refractivity contribution in [3.63, 3.8) is 0 Å². The second-order valence-corrected chi connectivity index (χ2v) is 3.26. The van der Waals surface area contributed by atoms with Gasteiger partial charge in [0.1, 0.15) is 0 Å². The molecule has 0 aromatic rings. The van der Waals surface area contributed by atoms with Gasteiger partial charge in [0, 0.05) is 12.6 Å². The molecule has 1 N–H and O–H groups in total. The summed E-state index contributed by atoms with van der Waals surface area (Å²) >= 11 is 0. The van der Waals surface area contributed by atoms with E-state index < -0.39 is 0 Å². The fraction of sp³-hybridized carbons (Fsp3) is 0.750.